The van der Waals surface area contributed by atoms with Gasteiger partial charge in [0.05, 0.1) is 0 Å². The summed E-state index contributed by atoms with van der Waals surface area (Å²) >= 11 is 0. The molecule has 0 radical (unpaired) electrons. The molecular weight excluding hydrogens is 192 g/mol. The highest BCUT2D eigenvalue weighted by molar-refractivity contribution is 5.86. The maximum Gasteiger partial charge on any atom is 0.411 e. The Kier molecular flexibility index (Phi) is 3.19. The van der Waals surface area contributed by atoms with E-state index < -0.39 is 6.09 Å². The molecular formula is C11H16N2O2. The third-order valence-electron chi connectivity index (χ3n) is 2.34. The van der Waals surface area contributed by atoms with Gasteiger partial charge in [-0.3, -0.25) is 4.90 Å². The lowest BCUT2D eigenvalue weighted by Gasteiger charge is -2.19. The Balaban J connectivity index is 3.06. The van der Waals surface area contributed by atoms with Crippen LogP contribution in [-0.4, -0.2) is 32.3 Å². The maximum absolute atomic E-state index is 10.7. The van der Waals surface area contributed by atoms with Gasteiger partial charge in [0.1, 0.15) is 0 Å². The van der Waals surface area contributed by atoms with E-state index >= 15 is 0 Å². The third-order valence-corrected chi connectivity index (χ3v) is 2.34. The average Bonchev–Trinajstić information content (AvgIpc) is 2.15. The lowest BCUT2D eigenvalue weighted by atomic mass is 10.1. The number of rotatable bonds is 2. The first kappa shape index (κ1) is 11.4. The van der Waals surface area contributed by atoms with E-state index in [1.165, 1.54) is 11.9 Å². The number of hydrogen-bond donors (Lipinski definition) is 1. The molecule has 1 amide bonds. The van der Waals surface area contributed by atoms with Crippen molar-refractivity contribution in [1.82, 2.24) is 0 Å². The molecule has 0 heterocycles. The second-order valence-corrected chi connectivity index (χ2v) is 3.71. The molecule has 0 aromatic heterocycles. The molecule has 0 aliphatic carbocycles. The Hall–Kier alpha value is -1.71. The zero-order valence-electron chi connectivity index (χ0n) is 9.48. The third kappa shape index (κ3) is 2.40. The van der Waals surface area contributed by atoms with Crippen LogP contribution in [0.4, 0.5) is 16.2 Å². The standard InChI is InChI=1S/C11H16N2O2/c1-8-7-9(13(4)11(14)15)5-6-10(8)12(2)3/h5-7H,1-4H3,(H,14,15). The van der Waals surface area contributed by atoms with Crippen molar-refractivity contribution < 1.29 is 9.90 Å². The fourth-order valence-corrected chi connectivity index (χ4v) is 1.46. The highest BCUT2D eigenvalue weighted by Gasteiger charge is 2.09. The first-order valence-corrected chi connectivity index (χ1v) is 4.68. The van der Waals surface area contributed by atoms with Crippen LogP contribution >= 0.6 is 0 Å². The predicted molar refractivity (Wildman–Crippen MR) is 61.9 cm³/mol. The quantitative estimate of drug-likeness (QED) is 0.810. The van der Waals surface area contributed by atoms with E-state index in [-0.39, 0.29) is 0 Å². The molecule has 1 rings (SSSR count). The number of benzene rings is 1. The fourth-order valence-electron chi connectivity index (χ4n) is 1.46. The van der Waals surface area contributed by atoms with Crippen LogP contribution in [0.1, 0.15) is 5.56 Å². The van der Waals surface area contributed by atoms with Gasteiger partial charge in [0.15, 0.2) is 0 Å². The van der Waals surface area contributed by atoms with Crippen molar-refractivity contribution in [3.8, 4) is 0 Å². The summed E-state index contributed by atoms with van der Waals surface area (Å²) in [5, 5.41) is 8.82. The highest BCUT2D eigenvalue weighted by Crippen LogP contribution is 2.23. The summed E-state index contributed by atoms with van der Waals surface area (Å²) < 4.78 is 0. The van der Waals surface area contributed by atoms with Gasteiger partial charge in [-0.25, -0.2) is 4.79 Å². The van der Waals surface area contributed by atoms with Crippen molar-refractivity contribution in [3.63, 3.8) is 0 Å². The van der Waals surface area contributed by atoms with E-state index in [9.17, 15) is 4.79 Å². The van der Waals surface area contributed by atoms with Crippen molar-refractivity contribution in [1.29, 1.82) is 0 Å². The van der Waals surface area contributed by atoms with Gasteiger partial charge in [-0.15, -0.1) is 0 Å². The molecule has 0 atom stereocenters. The number of carbonyl (C=O) groups is 1. The van der Waals surface area contributed by atoms with Gasteiger partial charge >= 0.3 is 6.09 Å². The van der Waals surface area contributed by atoms with Crippen LogP contribution in [0.15, 0.2) is 18.2 Å². The molecule has 1 N–H and O–H groups in total. The second-order valence-electron chi connectivity index (χ2n) is 3.71. The number of hydrogen-bond acceptors (Lipinski definition) is 2. The predicted octanol–water partition coefficient (Wildman–Crippen LogP) is 2.18. The van der Waals surface area contributed by atoms with Crippen LogP contribution in [0.25, 0.3) is 0 Å². The van der Waals surface area contributed by atoms with E-state index in [0.717, 1.165) is 11.3 Å². The Morgan fingerprint density at radius 2 is 1.87 bits per heavy atom. The van der Waals surface area contributed by atoms with Crippen LogP contribution in [-0.2, 0) is 0 Å². The summed E-state index contributed by atoms with van der Waals surface area (Å²) in [4.78, 5) is 13.9. The number of aryl methyl sites for hydroxylation is 1. The minimum atomic E-state index is -0.952. The molecule has 0 saturated carbocycles. The minimum absolute atomic E-state index is 0.686. The Morgan fingerprint density at radius 1 is 1.27 bits per heavy atom. The Bertz CT molecular complexity index is 375. The van der Waals surface area contributed by atoms with Crippen LogP contribution in [0.2, 0.25) is 0 Å². The Labute approximate surface area is 89.7 Å². The molecule has 15 heavy (non-hydrogen) atoms. The number of carboxylic acid groups (broad SMARTS) is 1. The van der Waals surface area contributed by atoms with Crippen LogP contribution in [0.3, 0.4) is 0 Å². The van der Waals surface area contributed by atoms with Crippen molar-refractivity contribution in [2.24, 2.45) is 0 Å². The molecule has 0 bridgehead atoms. The fraction of sp³-hybridized carbons (Fsp3) is 0.364. The maximum atomic E-state index is 10.7. The van der Waals surface area contributed by atoms with Crippen LogP contribution in [0.5, 0.6) is 0 Å². The molecule has 4 heteroatoms. The number of amides is 1. The van der Waals surface area contributed by atoms with Crippen molar-refractivity contribution in [3.05, 3.63) is 23.8 Å². The molecule has 4 nitrogen and oxygen atoms in total. The van der Waals surface area contributed by atoms with Gasteiger partial charge in [0.25, 0.3) is 0 Å². The molecule has 1 aromatic carbocycles. The molecule has 0 aliphatic heterocycles. The molecule has 0 aliphatic rings. The van der Waals surface area contributed by atoms with Crippen molar-refractivity contribution in [2.75, 3.05) is 30.9 Å². The van der Waals surface area contributed by atoms with E-state index in [1.807, 2.05) is 38.1 Å². The summed E-state index contributed by atoms with van der Waals surface area (Å²) in [5.74, 6) is 0. The zero-order valence-corrected chi connectivity index (χ0v) is 9.48. The number of nitrogens with zero attached hydrogens (tertiary/aromatic N) is 2. The van der Waals surface area contributed by atoms with Crippen molar-refractivity contribution in [2.45, 2.75) is 6.92 Å². The van der Waals surface area contributed by atoms with E-state index in [4.69, 9.17) is 5.11 Å². The lowest BCUT2D eigenvalue weighted by Crippen LogP contribution is -2.24. The van der Waals surface area contributed by atoms with Crippen molar-refractivity contribution >= 4 is 17.5 Å². The van der Waals surface area contributed by atoms with E-state index in [0.29, 0.717) is 5.69 Å². The summed E-state index contributed by atoms with van der Waals surface area (Å²) in [6.45, 7) is 1.97. The molecule has 0 saturated heterocycles. The molecule has 82 valence electrons. The monoisotopic (exact) mass is 208 g/mol. The molecule has 0 unspecified atom stereocenters. The normalized spacial score (nSPS) is 9.87. The summed E-state index contributed by atoms with van der Waals surface area (Å²) in [6, 6.07) is 5.59. The molecule has 1 aromatic rings. The van der Waals surface area contributed by atoms with E-state index in [2.05, 4.69) is 0 Å². The average molecular weight is 208 g/mol. The minimum Gasteiger partial charge on any atom is -0.465 e. The summed E-state index contributed by atoms with van der Waals surface area (Å²) in [7, 11) is 5.46. The van der Waals surface area contributed by atoms with Gasteiger partial charge < -0.3 is 10.0 Å². The summed E-state index contributed by atoms with van der Waals surface area (Å²) in [5.41, 5.74) is 2.84. The molecule has 0 spiro atoms. The summed E-state index contributed by atoms with van der Waals surface area (Å²) in [6.07, 6.45) is -0.952. The van der Waals surface area contributed by atoms with Gasteiger partial charge in [-0.1, -0.05) is 0 Å². The largest absolute Gasteiger partial charge is 0.465 e. The highest BCUT2D eigenvalue weighted by atomic mass is 16.4. The second kappa shape index (κ2) is 4.21. The SMILES string of the molecule is Cc1cc(N(C)C(=O)O)ccc1N(C)C. The zero-order chi connectivity index (χ0) is 11.6. The smallest absolute Gasteiger partial charge is 0.411 e. The number of anilines is 2. The molecule has 0 fully saturated rings. The van der Waals surface area contributed by atoms with Gasteiger partial charge in [0.2, 0.25) is 0 Å². The van der Waals surface area contributed by atoms with Gasteiger partial charge in [0, 0.05) is 32.5 Å². The van der Waals surface area contributed by atoms with E-state index in [1.54, 1.807) is 6.07 Å². The van der Waals surface area contributed by atoms with Gasteiger partial charge in [-0.05, 0) is 30.7 Å². The van der Waals surface area contributed by atoms with Gasteiger partial charge in [-0.2, -0.15) is 0 Å². The first-order valence-electron chi connectivity index (χ1n) is 4.68. The Morgan fingerprint density at radius 3 is 2.27 bits per heavy atom. The van der Waals surface area contributed by atoms with Crippen LogP contribution in [0, 0.1) is 6.92 Å². The topological polar surface area (TPSA) is 43.8 Å². The first-order chi connectivity index (χ1) is 6.93. The van der Waals surface area contributed by atoms with Crippen LogP contribution < -0.4 is 9.80 Å². The lowest BCUT2D eigenvalue weighted by molar-refractivity contribution is 0.203.